The summed E-state index contributed by atoms with van der Waals surface area (Å²) in [5, 5.41) is 3.96. The quantitative estimate of drug-likeness (QED) is 0.585. The number of nitrogens with one attached hydrogen (secondary N) is 1. The van der Waals surface area contributed by atoms with E-state index in [2.05, 4.69) is 21.4 Å². The van der Waals surface area contributed by atoms with Crippen molar-refractivity contribution in [2.45, 2.75) is 19.3 Å². The third-order valence-corrected chi connectivity index (χ3v) is 6.32. The van der Waals surface area contributed by atoms with Crippen LogP contribution in [-0.4, -0.2) is 47.6 Å². The molecule has 1 amide bonds. The van der Waals surface area contributed by atoms with Crippen molar-refractivity contribution in [3.63, 3.8) is 0 Å². The summed E-state index contributed by atoms with van der Waals surface area (Å²) in [5.41, 5.74) is 2.09. The van der Waals surface area contributed by atoms with Gasteiger partial charge in [0.05, 0.1) is 4.88 Å². The molecule has 1 N–H and O–H groups in total. The van der Waals surface area contributed by atoms with Crippen LogP contribution in [0, 0.1) is 11.7 Å². The molecule has 0 unspecified atom stereocenters. The summed E-state index contributed by atoms with van der Waals surface area (Å²) < 4.78 is 18.1. The number of thiazole rings is 1. The van der Waals surface area contributed by atoms with Crippen molar-refractivity contribution >= 4 is 28.2 Å². The van der Waals surface area contributed by atoms with Crippen LogP contribution in [0.1, 0.15) is 18.4 Å². The molecule has 3 heterocycles. The second-order valence-electron chi connectivity index (χ2n) is 7.70. The van der Waals surface area contributed by atoms with Gasteiger partial charge in [0.15, 0.2) is 5.13 Å². The topological polar surface area (TPSA) is 67.3 Å². The first-order valence-corrected chi connectivity index (χ1v) is 11.1. The van der Waals surface area contributed by atoms with Crippen LogP contribution in [0.5, 0.6) is 0 Å². The molecule has 0 bridgehead atoms. The molecule has 3 aromatic rings. The molecule has 4 rings (SSSR count). The summed E-state index contributed by atoms with van der Waals surface area (Å²) in [6, 6.07) is 10.4. The third-order valence-electron chi connectivity index (χ3n) is 5.36. The van der Waals surface area contributed by atoms with E-state index in [9.17, 15) is 9.18 Å². The van der Waals surface area contributed by atoms with Crippen LogP contribution < -0.4 is 5.32 Å². The van der Waals surface area contributed by atoms with Gasteiger partial charge in [-0.3, -0.25) is 4.79 Å². The Bertz CT molecular complexity index is 1010. The second-order valence-corrected chi connectivity index (χ2v) is 8.73. The fourth-order valence-electron chi connectivity index (χ4n) is 3.81. The number of rotatable bonds is 7. The smallest absolute Gasteiger partial charge is 0.248 e. The monoisotopic (exact) mass is 440 g/mol. The first kappa shape index (κ1) is 21.4. The lowest BCUT2D eigenvalue weighted by Gasteiger charge is -2.32. The summed E-state index contributed by atoms with van der Waals surface area (Å²) >= 11 is 1.49. The fourth-order valence-corrected chi connectivity index (χ4v) is 4.64. The highest BCUT2D eigenvalue weighted by molar-refractivity contribution is 7.18. The standard InChI is InChI=1S/C23H25FN4O2S/c1-30-15-22(29)28-10-2-3-17(14-28)11-16-4-9-21(25-12-16)27-23-26-13-20(31-23)18-5-7-19(24)8-6-18/h4-9,12-13,17H,2-3,10-11,14-15H2,1H3,(H,25,26,27)/t17-/m1/s1. The minimum atomic E-state index is -0.251. The third kappa shape index (κ3) is 5.65. The van der Waals surface area contributed by atoms with Gasteiger partial charge < -0.3 is 15.0 Å². The molecule has 1 aliphatic heterocycles. The predicted molar refractivity (Wildman–Crippen MR) is 120 cm³/mol. The molecule has 6 nitrogen and oxygen atoms in total. The Labute approximate surface area is 185 Å². The number of hydrogen-bond donors (Lipinski definition) is 1. The summed E-state index contributed by atoms with van der Waals surface area (Å²) in [5.74, 6) is 0.975. The van der Waals surface area contributed by atoms with E-state index in [1.807, 2.05) is 17.2 Å². The molecule has 1 fully saturated rings. The van der Waals surface area contributed by atoms with Crippen molar-refractivity contribution < 1.29 is 13.9 Å². The molecule has 162 valence electrons. The number of likely N-dealkylation sites (tertiary alicyclic amines) is 1. The van der Waals surface area contributed by atoms with Gasteiger partial charge in [-0.2, -0.15) is 0 Å². The largest absolute Gasteiger partial charge is 0.375 e. The Kier molecular flexibility index (Phi) is 6.89. The average Bonchev–Trinajstić information content (AvgIpc) is 3.24. The summed E-state index contributed by atoms with van der Waals surface area (Å²) in [6.45, 7) is 1.73. The van der Waals surface area contributed by atoms with Crippen LogP contribution in [-0.2, 0) is 16.0 Å². The van der Waals surface area contributed by atoms with Gasteiger partial charge in [0.25, 0.3) is 0 Å². The van der Waals surface area contributed by atoms with Gasteiger partial charge in [-0.15, -0.1) is 0 Å². The van der Waals surface area contributed by atoms with Gasteiger partial charge in [0.2, 0.25) is 5.91 Å². The van der Waals surface area contributed by atoms with Crippen LogP contribution in [0.4, 0.5) is 15.3 Å². The maximum atomic E-state index is 13.1. The number of methoxy groups -OCH3 is 1. The van der Waals surface area contributed by atoms with Gasteiger partial charge in [0.1, 0.15) is 18.2 Å². The number of piperidine rings is 1. The fraction of sp³-hybridized carbons (Fsp3) is 0.348. The van der Waals surface area contributed by atoms with E-state index >= 15 is 0 Å². The molecular formula is C23H25FN4O2S. The van der Waals surface area contributed by atoms with Crippen LogP contribution in [0.2, 0.25) is 0 Å². The number of carbonyl (C=O) groups excluding carboxylic acids is 1. The second kappa shape index (κ2) is 9.98. The number of anilines is 2. The Morgan fingerprint density at radius 2 is 2.06 bits per heavy atom. The minimum absolute atomic E-state index is 0.0633. The van der Waals surface area contributed by atoms with Gasteiger partial charge in [0, 0.05) is 32.6 Å². The zero-order chi connectivity index (χ0) is 21.6. The van der Waals surface area contributed by atoms with Crippen LogP contribution in [0.3, 0.4) is 0 Å². The average molecular weight is 441 g/mol. The Morgan fingerprint density at radius 1 is 1.23 bits per heavy atom. The van der Waals surface area contributed by atoms with Crippen molar-refractivity contribution in [2.75, 3.05) is 32.1 Å². The highest BCUT2D eigenvalue weighted by atomic mass is 32.1. The predicted octanol–water partition coefficient (Wildman–Crippen LogP) is 4.52. The Hall–Kier alpha value is -2.84. The highest BCUT2D eigenvalue weighted by Gasteiger charge is 2.23. The van der Waals surface area contributed by atoms with E-state index in [0.717, 1.165) is 59.3 Å². The number of ether oxygens (including phenoxy) is 1. The summed E-state index contributed by atoms with van der Waals surface area (Å²) in [6.07, 6.45) is 6.69. The van der Waals surface area contributed by atoms with Crippen molar-refractivity contribution in [1.82, 2.24) is 14.9 Å². The number of nitrogens with zero attached hydrogens (tertiary/aromatic N) is 3. The number of halogens is 1. The zero-order valence-corrected chi connectivity index (χ0v) is 18.2. The Morgan fingerprint density at radius 3 is 2.81 bits per heavy atom. The summed E-state index contributed by atoms with van der Waals surface area (Å²) in [4.78, 5) is 23.9. The van der Waals surface area contributed by atoms with E-state index in [4.69, 9.17) is 4.74 Å². The van der Waals surface area contributed by atoms with Gasteiger partial charge in [-0.25, -0.2) is 14.4 Å². The lowest BCUT2D eigenvalue weighted by atomic mass is 9.92. The van der Waals surface area contributed by atoms with E-state index in [-0.39, 0.29) is 18.3 Å². The molecule has 2 aromatic heterocycles. The molecule has 0 aliphatic carbocycles. The molecule has 1 atom stereocenters. The molecular weight excluding hydrogens is 415 g/mol. The maximum absolute atomic E-state index is 13.1. The molecule has 31 heavy (non-hydrogen) atoms. The molecule has 8 heteroatoms. The van der Waals surface area contributed by atoms with Gasteiger partial charge in [-0.05, 0) is 54.5 Å². The Balaban J connectivity index is 1.33. The number of carbonyl (C=O) groups is 1. The number of benzene rings is 1. The van der Waals surface area contributed by atoms with Crippen LogP contribution in [0.15, 0.2) is 48.8 Å². The number of aromatic nitrogens is 2. The number of amides is 1. The summed E-state index contributed by atoms with van der Waals surface area (Å²) in [7, 11) is 1.55. The number of hydrogen-bond acceptors (Lipinski definition) is 6. The first-order valence-electron chi connectivity index (χ1n) is 10.3. The SMILES string of the molecule is COCC(=O)N1CCC[C@H](Cc2ccc(Nc3ncc(-c4ccc(F)cc4)s3)nc2)C1. The molecule has 0 saturated carbocycles. The van der Waals surface area contributed by atoms with Crippen molar-refractivity contribution in [3.8, 4) is 10.4 Å². The van der Waals surface area contributed by atoms with E-state index in [1.165, 1.54) is 23.5 Å². The van der Waals surface area contributed by atoms with Crippen molar-refractivity contribution in [3.05, 3.63) is 60.2 Å². The molecule has 0 radical (unpaired) electrons. The van der Waals surface area contributed by atoms with Crippen molar-refractivity contribution in [2.24, 2.45) is 5.92 Å². The van der Waals surface area contributed by atoms with Gasteiger partial charge >= 0.3 is 0 Å². The van der Waals surface area contributed by atoms with Crippen LogP contribution in [0.25, 0.3) is 10.4 Å². The minimum Gasteiger partial charge on any atom is -0.375 e. The molecule has 0 spiro atoms. The lowest BCUT2D eigenvalue weighted by molar-refractivity contribution is -0.136. The number of pyridine rings is 1. The highest BCUT2D eigenvalue weighted by Crippen LogP contribution is 2.30. The van der Waals surface area contributed by atoms with E-state index in [0.29, 0.717) is 5.92 Å². The zero-order valence-electron chi connectivity index (χ0n) is 17.4. The lowest BCUT2D eigenvalue weighted by Crippen LogP contribution is -2.42. The molecule has 1 aromatic carbocycles. The normalized spacial score (nSPS) is 16.3. The van der Waals surface area contributed by atoms with Gasteiger partial charge in [-0.1, -0.05) is 29.5 Å². The molecule has 1 aliphatic rings. The van der Waals surface area contributed by atoms with Crippen LogP contribution >= 0.6 is 11.3 Å². The van der Waals surface area contributed by atoms with E-state index < -0.39 is 0 Å². The van der Waals surface area contributed by atoms with Crippen molar-refractivity contribution in [1.29, 1.82) is 0 Å². The first-order chi connectivity index (χ1) is 15.1. The molecule has 1 saturated heterocycles. The van der Waals surface area contributed by atoms with E-state index in [1.54, 1.807) is 25.4 Å². The maximum Gasteiger partial charge on any atom is 0.248 e.